The lowest BCUT2D eigenvalue weighted by Gasteiger charge is -2.22. The second-order valence-electron chi connectivity index (χ2n) is 8.28. The third-order valence-electron chi connectivity index (χ3n) is 5.89. The summed E-state index contributed by atoms with van der Waals surface area (Å²) in [4.78, 5) is 29.7. The molecule has 2 aromatic rings. The van der Waals surface area contributed by atoms with Crippen LogP contribution in [0.2, 0.25) is 5.02 Å². The number of hydrogen-bond donors (Lipinski definition) is 2. The highest BCUT2D eigenvalue weighted by molar-refractivity contribution is 7.15. The van der Waals surface area contributed by atoms with Crippen LogP contribution in [0.3, 0.4) is 0 Å². The summed E-state index contributed by atoms with van der Waals surface area (Å²) in [6.45, 7) is 2.89. The molecule has 33 heavy (non-hydrogen) atoms. The van der Waals surface area contributed by atoms with Gasteiger partial charge in [0, 0.05) is 27.4 Å². The van der Waals surface area contributed by atoms with E-state index >= 15 is 0 Å². The molecule has 2 aliphatic heterocycles. The van der Waals surface area contributed by atoms with Crippen LogP contribution in [0.5, 0.6) is 0 Å². The van der Waals surface area contributed by atoms with Crippen molar-refractivity contribution in [3.05, 3.63) is 61.6 Å². The van der Waals surface area contributed by atoms with Crippen molar-refractivity contribution in [3.8, 4) is 0 Å². The number of carbonyl (C=O) groups is 2. The monoisotopic (exact) mass is 487 g/mol. The normalized spacial score (nSPS) is 22.4. The first-order valence-corrected chi connectivity index (χ1v) is 12.1. The summed E-state index contributed by atoms with van der Waals surface area (Å²) >= 11 is 7.58. The summed E-state index contributed by atoms with van der Waals surface area (Å²) in [5.41, 5.74) is 15.4. The molecule has 3 heterocycles. The van der Waals surface area contributed by atoms with Crippen LogP contribution in [0.15, 0.2) is 40.7 Å². The van der Waals surface area contributed by atoms with Gasteiger partial charge in [-0.2, -0.15) is 0 Å². The van der Waals surface area contributed by atoms with Crippen molar-refractivity contribution in [2.75, 3.05) is 18.9 Å². The average Bonchev–Trinajstić information content (AvgIpc) is 3.09. The van der Waals surface area contributed by atoms with Crippen LogP contribution in [0.25, 0.3) is 0 Å². The number of hydrogen-bond acceptors (Lipinski definition) is 7. The van der Waals surface area contributed by atoms with Gasteiger partial charge in [0.05, 0.1) is 24.6 Å². The molecule has 0 spiro atoms. The molecule has 1 fully saturated rings. The molecule has 174 valence electrons. The van der Waals surface area contributed by atoms with Crippen molar-refractivity contribution in [3.63, 3.8) is 0 Å². The van der Waals surface area contributed by atoms with Gasteiger partial charge in [-0.1, -0.05) is 23.7 Å². The number of aryl methyl sites for hydroxylation is 1. The molecule has 4 N–H and O–H groups in total. The average molecular weight is 488 g/mol. The number of nitrogen functional groups attached to an aromatic ring is 1. The Bertz CT molecular complexity index is 1150. The van der Waals surface area contributed by atoms with E-state index in [1.54, 1.807) is 6.07 Å². The Morgan fingerprint density at radius 1 is 1.36 bits per heavy atom. The number of rotatable bonds is 6. The molecular formula is C24H26ClN3O4S. The van der Waals surface area contributed by atoms with Crippen LogP contribution >= 0.6 is 22.9 Å². The highest BCUT2D eigenvalue weighted by Crippen LogP contribution is 2.37. The molecule has 7 nitrogen and oxygen atoms in total. The second kappa shape index (κ2) is 9.97. The second-order valence-corrected chi connectivity index (χ2v) is 9.82. The smallest absolute Gasteiger partial charge is 0.306 e. The Morgan fingerprint density at radius 3 is 2.91 bits per heavy atom. The number of carbonyl (C=O) groups excluding carboxylic acids is 2. The van der Waals surface area contributed by atoms with Gasteiger partial charge in [0.25, 0.3) is 5.91 Å². The van der Waals surface area contributed by atoms with Gasteiger partial charge < -0.3 is 20.9 Å². The first-order chi connectivity index (χ1) is 15.8. The van der Waals surface area contributed by atoms with E-state index in [9.17, 15) is 9.59 Å². The maximum Gasteiger partial charge on any atom is 0.306 e. The number of nitrogens with two attached hydrogens (primary N) is 2. The molecule has 0 radical (unpaired) electrons. The number of primary amides is 1. The SMILES string of the molecule is C/C1=C(OCCC2CCOC(=O)C2)/N=C(/c2cccc(Cl)c2)c2c(sc(C(N)=O)c2N)CC1. The number of cyclic esters (lactones) is 1. The lowest BCUT2D eigenvalue weighted by atomic mass is 9.96. The van der Waals surface area contributed by atoms with Gasteiger partial charge in [0.1, 0.15) is 4.88 Å². The van der Waals surface area contributed by atoms with E-state index in [0.29, 0.717) is 65.2 Å². The summed E-state index contributed by atoms with van der Waals surface area (Å²) in [5, 5.41) is 0.565. The van der Waals surface area contributed by atoms with Gasteiger partial charge in [-0.3, -0.25) is 9.59 Å². The van der Waals surface area contributed by atoms with Crippen molar-refractivity contribution in [1.29, 1.82) is 0 Å². The Labute approximate surface area is 201 Å². The van der Waals surface area contributed by atoms with Crippen LogP contribution in [0.1, 0.15) is 58.3 Å². The van der Waals surface area contributed by atoms with Crippen molar-refractivity contribution in [2.24, 2.45) is 16.6 Å². The van der Waals surface area contributed by atoms with E-state index in [2.05, 4.69) is 0 Å². The largest absolute Gasteiger partial charge is 0.478 e. The maximum atomic E-state index is 12.0. The highest BCUT2D eigenvalue weighted by Gasteiger charge is 2.27. The van der Waals surface area contributed by atoms with Crippen molar-refractivity contribution in [2.45, 2.75) is 39.0 Å². The first-order valence-electron chi connectivity index (χ1n) is 10.9. The fraction of sp³-hybridized carbons (Fsp3) is 0.375. The molecule has 1 aromatic carbocycles. The summed E-state index contributed by atoms with van der Waals surface area (Å²) in [6.07, 6.45) is 3.40. The van der Waals surface area contributed by atoms with Crippen LogP contribution in [-0.4, -0.2) is 30.8 Å². The first kappa shape index (κ1) is 23.3. The summed E-state index contributed by atoms with van der Waals surface area (Å²) in [6, 6.07) is 7.34. The van der Waals surface area contributed by atoms with Crippen molar-refractivity contribution >= 4 is 46.2 Å². The van der Waals surface area contributed by atoms with E-state index in [-0.39, 0.29) is 11.9 Å². The number of halogens is 1. The van der Waals surface area contributed by atoms with E-state index in [1.165, 1.54) is 11.3 Å². The van der Waals surface area contributed by atoms with Gasteiger partial charge in [0.2, 0.25) is 5.88 Å². The molecule has 1 unspecified atom stereocenters. The van der Waals surface area contributed by atoms with Gasteiger partial charge in [-0.25, -0.2) is 4.99 Å². The molecule has 9 heteroatoms. The molecule has 2 aliphatic rings. The quantitative estimate of drug-likeness (QED) is 0.583. The minimum absolute atomic E-state index is 0.153. The van der Waals surface area contributed by atoms with Gasteiger partial charge in [-0.15, -0.1) is 11.3 Å². The lowest BCUT2D eigenvalue weighted by Crippen LogP contribution is -2.22. The predicted octanol–water partition coefficient (Wildman–Crippen LogP) is 4.46. The number of aliphatic imine (C=N–C) groups is 1. The zero-order chi connectivity index (χ0) is 23.5. The minimum Gasteiger partial charge on any atom is -0.478 e. The molecule has 1 saturated heterocycles. The zero-order valence-electron chi connectivity index (χ0n) is 18.4. The minimum atomic E-state index is -0.554. The van der Waals surface area contributed by atoms with E-state index < -0.39 is 5.91 Å². The standard InChI is InChI=1S/C24H26ClN3O4S/c1-13-5-6-17-19(20(26)22(33-17)23(27)30)21(15-3-2-4-16(25)12-15)28-24(13)32-10-8-14-7-9-31-18(29)11-14/h2-4,12,14H,5-11,26H2,1H3,(H2,27,30)/b24-13+,28-21-. The summed E-state index contributed by atoms with van der Waals surface area (Å²) < 4.78 is 11.2. The van der Waals surface area contributed by atoms with E-state index in [1.807, 2.05) is 25.1 Å². The number of ether oxygens (including phenoxy) is 2. The van der Waals surface area contributed by atoms with Crippen LogP contribution in [-0.2, 0) is 20.7 Å². The number of allylic oxidation sites excluding steroid dienone is 1. The lowest BCUT2D eigenvalue weighted by molar-refractivity contribution is -0.149. The zero-order valence-corrected chi connectivity index (χ0v) is 19.9. The number of amides is 1. The van der Waals surface area contributed by atoms with E-state index in [4.69, 9.17) is 37.5 Å². The molecule has 1 atom stereocenters. The van der Waals surface area contributed by atoms with Gasteiger partial charge in [-0.05, 0) is 56.2 Å². The number of nitrogens with zero attached hydrogens (tertiary/aromatic N) is 1. The molecule has 0 aliphatic carbocycles. The predicted molar refractivity (Wildman–Crippen MR) is 130 cm³/mol. The Morgan fingerprint density at radius 2 is 2.18 bits per heavy atom. The number of benzene rings is 1. The van der Waals surface area contributed by atoms with Crippen molar-refractivity contribution < 1.29 is 19.1 Å². The molecule has 1 amide bonds. The van der Waals surface area contributed by atoms with Gasteiger partial charge in [0.15, 0.2) is 0 Å². The number of thiophene rings is 1. The third-order valence-corrected chi connectivity index (χ3v) is 7.41. The van der Waals surface area contributed by atoms with Crippen LogP contribution < -0.4 is 11.5 Å². The number of anilines is 1. The topological polar surface area (TPSA) is 117 Å². The Kier molecular flexibility index (Phi) is 7.05. The molecule has 0 saturated carbocycles. The van der Waals surface area contributed by atoms with E-state index in [0.717, 1.165) is 28.9 Å². The third kappa shape index (κ3) is 5.23. The van der Waals surface area contributed by atoms with Crippen molar-refractivity contribution in [1.82, 2.24) is 0 Å². The molecule has 1 aromatic heterocycles. The fourth-order valence-corrected chi connectivity index (χ4v) is 5.34. The molecular weight excluding hydrogens is 462 g/mol. The Balaban J connectivity index is 1.69. The van der Waals surface area contributed by atoms with Crippen LogP contribution in [0, 0.1) is 5.92 Å². The van der Waals surface area contributed by atoms with Gasteiger partial charge >= 0.3 is 5.97 Å². The summed E-state index contributed by atoms with van der Waals surface area (Å²) in [5.74, 6) is 0.0657. The van der Waals surface area contributed by atoms with Crippen LogP contribution in [0.4, 0.5) is 5.69 Å². The number of esters is 1. The maximum absolute atomic E-state index is 12.0. The number of fused-ring (bicyclic) bond motifs is 1. The summed E-state index contributed by atoms with van der Waals surface area (Å²) in [7, 11) is 0. The molecule has 4 rings (SSSR count). The Hall–Kier alpha value is -2.84. The highest BCUT2D eigenvalue weighted by atomic mass is 35.5. The fourth-order valence-electron chi connectivity index (χ4n) is 4.08. The molecule has 0 bridgehead atoms.